The number of aryl methyl sites for hydroxylation is 1. The molecule has 2 aromatic heterocycles. The molecule has 1 aliphatic rings. The highest BCUT2D eigenvalue weighted by atomic mass is 32.1. The third-order valence-corrected chi connectivity index (χ3v) is 6.00. The fourth-order valence-electron chi connectivity index (χ4n) is 3.48. The van der Waals surface area contributed by atoms with Gasteiger partial charge in [0.25, 0.3) is 0 Å². The van der Waals surface area contributed by atoms with Gasteiger partial charge in [-0.05, 0) is 31.9 Å². The molecule has 0 spiro atoms. The van der Waals surface area contributed by atoms with Crippen LogP contribution in [0.5, 0.6) is 0 Å². The monoisotopic (exact) mass is 376 g/mol. The van der Waals surface area contributed by atoms with Gasteiger partial charge in [0.2, 0.25) is 5.91 Å². The summed E-state index contributed by atoms with van der Waals surface area (Å²) in [6, 6.07) is 3.78. The second kappa shape index (κ2) is 8.22. The number of amides is 1. The second-order valence-electron chi connectivity index (χ2n) is 7.00. The molecule has 2 aromatic rings. The summed E-state index contributed by atoms with van der Waals surface area (Å²) in [4.78, 5) is 26.2. The number of hydrogen-bond acceptors (Lipinski definition) is 5. The van der Waals surface area contributed by atoms with E-state index in [1.165, 1.54) is 4.88 Å². The van der Waals surface area contributed by atoms with Crippen molar-refractivity contribution in [1.82, 2.24) is 19.8 Å². The van der Waals surface area contributed by atoms with E-state index in [2.05, 4.69) is 14.9 Å². The van der Waals surface area contributed by atoms with Crippen molar-refractivity contribution < 1.29 is 9.18 Å². The maximum atomic E-state index is 14.1. The predicted molar refractivity (Wildman–Crippen MR) is 101 cm³/mol. The van der Waals surface area contributed by atoms with Crippen molar-refractivity contribution in [3.63, 3.8) is 0 Å². The van der Waals surface area contributed by atoms with Crippen molar-refractivity contribution >= 4 is 17.2 Å². The number of nitrogens with zero attached hydrogens (tertiary/aromatic N) is 4. The Labute approximate surface area is 157 Å². The molecule has 0 bridgehead atoms. The molecule has 140 valence electrons. The summed E-state index contributed by atoms with van der Waals surface area (Å²) in [5.74, 6) is -0.220. The number of hydrogen-bond donors (Lipinski definition) is 0. The van der Waals surface area contributed by atoms with Crippen LogP contribution in [0.15, 0.2) is 30.0 Å². The van der Waals surface area contributed by atoms with Gasteiger partial charge in [-0.25, -0.2) is 9.37 Å². The van der Waals surface area contributed by atoms with Gasteiger partial charge >= 0.3 is 0 Å². The van der Waals surface area contributed by atoms with Crippen molar-refractivity contribution in [2.24, 2.45) is 0 Å². The van der Waals surface area contributed by atoms with Crippen molar-refractivity contribution in [1.29, 1.82) is 0 Å². The lowest BCUT2D eigenvalue weighted by molar-refractivity contribution is -0.131. The summed E-state index contributed by atoms with van der Waals surface area (Å²) >= 11 is 1.60. The van der Waals surface area contributed by atoms with Crippen LogP contribution in [0, 0.1) is 6.92 Å². The maximum absolute atomic E-state index is 14.1. The van der Waals surface area contributed by atoms with Gasteiger partial charge in [0.1, 0.15) is 6.17 Å². The van der Waals surface area contributed by atoms with Crippen LogP contribution >= 0.6 is 11.3 Å². The van der Waals surface area contributed by atoms with Gasteiger partial charge in [-0.3, -0.25) is 14.7 Å². The molecule has 3 rings (SSSR count). The van der Waals surface area contributed by atoms with E-state index in [-0.39, 0.29) is 17.9 Å². The SMILES string of the molecule is Cc1ncsc1CN1C[C@@H](F)C[C@H]1CN(C)C(=O)[C@@H](C)c1cccnc1. The Bertz CT molecular complexity index is 738. The van der Waals surface area contributed by atoms with Crippen LogP contribution in [0.1, 0.15) is 35.4 Å². The first-order valence-electron chi connectivity index (χ1n) is 8.87. The quantitative estimate of drug-likeness (QED) is 0.778. The highest BCUT2D eigenvalue weighted by Gasteiger charge is 2.34. The van der Waals surface area contributed by atoms with E-state index in [0.29, 0.717) is 26.1 Å². The normalized spacial score (nSPS) is 21.7. The fourth-order valence-corrected chi connectivity index (χ4v) is 4.28. The number of rotatable bonds is 6. The molecule has 3 heterocycles. The van der Waals surface area contributed by atoms with Crippen LogP contribution < -0.4 is 0 Å². The predicted octanol–water partition coefficient (Wildman–Crippen LogP) is 3.02. The number of aromatic nitrogens is 2. The fraction of sp³-hybridized carbons (Fsp3) is 0.526. The van der Waals surface area contributed by atoms with E-state index in [1.54, 1.807) is 35.7 Å². The van der Waals surface area contributed by atoms with E-state index in [0.717, 1.165) is 11.3 Å². The molecule has 1 fully saturated rings. The van der Waals surface area contributed by atoms with E-state index in [4.69, 9.17) is 0 Å². The minimum Gasteiger partial charge on any atom is -0.344 e. The van der Waals surface area contributed by atoms with Gasteiger partial charge in [0.05, 0.1) is 17.1 Å². The number of carbonyl (C=O) groups excluding carboxylic acids is 1. The Morgan fingerprint density at radius 2 is 2.35 bits per heavy atom. The number of likely N-dealkylation sites (N-methyl/N-ethyl adjacent to an activating group) is 1. The Kier molecular flexibility index (Phi) is 5.98. The molecule has 0 unspecified atom stereocenters. The van der Waals surface area contributed by atoms with E-state index >= 15 is 0 Å². The summed E-state index contributed by atoms with van der Waals surface area (Å²) in [6.07, 6.45) is 3.05. The first-order valence-corrected chi connectivity index (χ1v) is 9.75. The van der Waals surface area contributed by atoms with Crippen LogP contribution in [0.2, 0.25) is 0 Å². The van der Waals surface area contributed by atoms with Crippen LogP contribution in [0.3, 0.4) is 0 Å². The molecule has 0 radical (unpaired) electrons. The summed E-state index contributed by atoms with van der Waals surface area (Å²) in [7, 11) is 1.80. The molecule has 7 heteroatoms. The summed E-state index contributed by atoms with van der Waals surface area (Å²) in [5.41, 5.74) is 3.73. The average molecular weight is 377 g/mol. The number of carbonyl (C=O) groups is 1. The zero-order valence-electron chi connectivity index (χ0n) is 15.4. The van der Waals surface area contributed by atoms with E-state index < -0.39 is 6.17 Å². The van der Waals surface area contributed by atoms with Crippen LogP contribution in [-0.4, -0.2) is 58.0 Å². The first kappa shape index (κ1) is 18.9. The zero-order chi connectivity index (χ0) is 18.7. The van der Waals surface area contributed by atoms with Gasteiger partial charge in [0.15, 0.2) is 0 Å². The van der Waals surface area contributed by atoms with Gasteiger partial charge < -0.3 is 4.90 Å². The molecule has 0 saturated carbocycles. The van der Waals surface area contributed by atoms with Crippen LogP contribution in [0.4, 0.5) is 4.39 Å². The molecule has 0 aliphatic carbocycles. The molecular weight excluding hydrogens is 351 g/mol. The van der Waals surface area contributed by atoms with Crippen LogP contribution in [0.25, 0.3) is 0 Å². The van der Waals surface area contributed by atoms with Crippen molar-refractivity contribution in [2.75, 3.05) is 20.1 Å². The zero-order valence-corrected chi connectivity index (χ0v) is 16.2. The summed E-state index contributed by atoms with van der Waals surface area (Å²) in [5, 5.41) is 0. The molecule has 1 saturated heterocycles. The van der Waals surface area contributed by atoms with Crippen molar-refractivity contribution in [3.8, 4) is 0 Å². The van der Waals surface area contributed by atoms with E-state index in [9.17, 15) is 9.18 Å². The number of likely N-dealkylation sites (tertiary alicyclic amines) is 1. The average Bonchev–Trinajstić information content (AvgIpc) is 3.20. The molecule has 5 nitrogen and oxygen atoms in total. The first-order chi connectivity index (χ1) is 12.5. The minimum atomic E-state index is -0.840. The van der Waals surface area contributed by atoms with Gasteiger partial charge in [-0.1, -0.05) is 6.07 Å². The highest BCUT2D eigenvalue weighted by molar-refractivity contribution is 7.09. The minimum absolute atomic E-state index is 0.0292. The maximum Gasteiger partial charge on any atom is 0.229 e. The smallest absolute Gasteiger partial charge is 0.229 e. The van der Waals surface area contributed by atoms with E-state index in [1.807, 2.05) is 31.5 Å². The summed E-state index contributed by atoms with van der Waals surface area (Å²) in [6.45, 7) is 5.52. The van der Waals surface area contributed by atoms with Gasteiger partial charge in [-0.15, -0.1) is 11.3 Å². The Morgan fingerprint density at radius 3 is 3.00 bits per heavy atom. The molecule has 0 aromatic carbocycles. The molecular formula is C19H25FN4OS. The molecule has 3 atom stereocenters. The number of pyridine rings is 1. The van der Waals surface area contributed by atoms with Crippen LogP contribution in [-0.2, 0) is 11.3 Å². The summed E-state index contributed by atoms with van der Waals surface area (Å²) < 4.78 is 14.1. The van der Waals surface area contributed by atoms with Crippen molar-refractivity contribution in [3.05, 3.63) is 46.2 Å². The Balaban J connectivity index is 1.64. The lowest BCUT2D eigenvalue weighted by Gasteiger charge is -2.29. The molecule has 1 amide bonds. The third-order valence-electron chi connectivity index (χ3n) is 5.08. The topological polar surface area (TPSA) is 49.3 Å². The molecule has 0 N–H and O–H groups in total. The molecule has 1 aliphatic heterocycles. The van der Waals surface area contributed by atoms with Gasteiger partial charge in [-0.2, -0.15) is 0 Å². The standard InChI is InChI=1S/C19H25FN4OS/c1-13(15-5-4-6-21-8-15)19(25)23(3)10-17-7-16(20)9-24(17)11-18-14(2)22-12-26-18/h4-6,8,12-13,16-17H,7,9-11H2,1-3H3/t13-,16-,17-/m0/s1. The number of alkyl halides is 1. The Morgan fingerprint density at radius 1 is 1.54 bits per heavy atom. The second-order valence-corrected chi connectivity index (χ2v) is 7.94. The highest BCUT2D eigenvalue weighted by Crippen LogP contribution is 2.26. The van der Waals surface area contributed by atoms with Crippen molar-refractivity contribution in [2.45, 2.75) is 44.9 Å². The lowest BCUT2D eigenvalue weighted by Crippen LogP contribution is -2.42. The van der Waals surface area contributed by atoms with Gasteiger partial charge in [0, 0.05) is 50.0 Å². The molecule has 26 heavy (non-hydrogen) atoms. The lowest BCUT2D eigenvalue weighted by atomic mass is 10.0. The number of thiazole rings is 1. The number of halogens is 1. The largest absolute Gasteiger partial charge is 0.344 e. The third kappa shape index (κ3) is 4.27. The Hall–Kier alpha value is -1.86.